The van der Waals surface area contributed by atoms with Crippen molar-refractivity contribution < 1.29 is 12.9 Å². The summed E-state index contributed by atoms with van der Waals surface area (Å²) in [5, 5.41) is 6.71. The first-order valence-corrected chi connectivity index (χ1v) is 7.16. The van der Waals surface area contributed by atoms with Crippen LogP contribution in [-0.2, 0) is 16.3 Å². The molecule has 0 aromatic carbocycles. The highest BCUT2D eigenvalue weighted by atomic mass is 32.2. The van der Waals surface area contributed by atoms with E-state index in [0.29, 0.717) is 25.3 Å². The Bertz CT molecular complexity index is 420. The summed E-state index contributed by atoms with van der Waals surface area (Å²) in [4.78, 5) is 3.87. The SMILES string of the molecule is CC(C)(C)S(=O)(=O)CCNCCc1ncon1. The zero-order valence-corrected chi connectivity index (χ0v) is 11.2. The molecule has 1 aromatic rings. The van der Waals surface area contributed by atoms with Crippen LogP contribution in [-0.4, -0.2) is 42.1 Å². The van der Waals surface area contributed by atoms with Crippen molar-refractivity contribution in [3.8, 4) is 0 Å². The van der Waals surface area contributed by atoms with E-state index in [2.05, 4.69) is 20.0 Å². The number of hydrogen-bond acceptors (Lipinski definition) is 6. The molecule has 0 bridgehead atoms. The molecule has 0 radical (unpaired) electrons. The summed E-state index contributed by atoms with van der Waals surface area (Å²) in [5.41, 5.74) is 0. The van der Waals surface area contributed by atoms with Gasteiger partial charge >= 0.3 is 0 Å². The second kappa shape index (κ2) is 5.59. The minimum atomic E-state index is -3.04. The van der Waals surface area contributed by atoms with Crippen LogP contribution in [0.4, 0.5) is 0 Å². The van der Waals surface area contributed by atoms with Gasteiger partial charge in [-0.2, -0.15) is 4.98 Å². The molecule has 6 nitrogen and oxygen atoms in total. The number of nitrogens with zero attached hydrogens (tertiary/aromatic N) is 2. The highest BCUT2D eigenvalue weighted by Crippen LogP contribution is 2.15. The van der Waals surface area contributed by atoms with Crippen molar-refractivity contribution in [2.75, 3.05) is 18.8 Å². The highest BCUT2D eigenvalue weighted by Gasteiger charge is 2.27. The lowest BCUT2D eigenvalue weighted by Crippen LogP contribution is -2.35. The number of aromatic nitrogens is 2. The van der Waals surface area contributed by atoms with E-state index in [1.165, 1.54) is 6.39 Å². The number of rotatable bonds is 6. The van der Waals surface area contributed by atoms with Gasteiger partial charge in [0.25, 0.3) is 0 Å². The Morgan fingerprint density at radius 2 is 2.06 bits per heavy atom. The first kappa shape index (κ1) is 14.1. The maximum atomic E-state index is 11.8. The molecule has 0 aliphatic rings. The fourth-order valence-electron chi connectivity index (χ4n) is 1.14. The average Bonchev–Trinajstić information content (AvgIpc) is 2.68. The summed E-state index contributed by atoms with van der Waals surface area (Å²) in [6, 6.07) is 0. The second-order valence-electron chi connectivity index (χ2n) is 4.78. The first-order valence-electron chi connectivity index (χ1n) is 5.51. The standard InChI is InChI=1S/C10H19N3O3S/c1-10(2,3)17(14,15)7-6-11-5-4-9-12-8-16-13-9/h8,11H,4-7H2,1-3H3. The fraction of sp³-hybridized carbons (Fsp3) is 0.800. The normalized spacial score (nSPS) is 12.9. The van der Waals surface area contributed by atoms with Crippen LogP contribution in [0, 0.1) is 0 Å². The molecule has 0 aliphatic carbocycles. The molecular formula is C10H19N3O3S. The molecule has 0 aliphatic heterocycles. The van der Waals surface area contributed by atoms with Gasteiger partial charge in [-0.1, -0.05) is 5.16 Å². The monoisotopic (exact) mass is 261 g/mol. The number of nitrogens with one attached hydrogen (secondary N) is 1. The molecule has 0 saturated heterocycles. The minimum absolute atomic E-state index is 0.142. The fourth-order valence-corrected chi connectivity index (χ4v) is 2.17. The Morgan fingerprint density at radius 1 is 1.35 bits per heavy atom. The average molecular weight is 261 g/mol. The summed E-state index contributed by atoms with van der Waals surface area (Å²) in [6.45, 7) is 6.21. The van der Waals surface area contributed by atoms with Crippen LogP contribution in [0.3, 0.4) is 0 Å². The van der Waals surface area contributed by atoms with Crippen LogP contribution in [0.1, 0.15) is 26.6 Å². The van der Waals surface area contributed by atoms with Crippen LogP contribution in [0.15, 0.2) is 10.9 Å². The van der Waals surface area contributed by atoms with E-state index >= 15 is 0 Å². The van der Waals surface area contributed by atoms with Crippen molar-refractivity contribution in [2.24, 2.45) is 0 Å². The van der Waals surface area contributed by atoms with Gasteiger partial charge in [-0.05, 0) is 20.8 Å². The molecule has 1 N–H and O–H groups in total. The lowest BCUT2D eigenvalue weighted by Gasteiger charge is -2.19. The summed E-state index contributed by atoms with van der Waals surface area (Å²) in [6.07, 6.45) is 1.91. The van der Waals surface area contributed by atoms with E-state index in [4.69, 9.17) is 0 Å². The summed E-state index contributed by atoms with van der Waals surface area (Å²) in [5.74, 6) is 0.763. The van der Waals surface area contributed by atoms with Gasteiger partial charge in [-0.3, -0.25) is 0 Å². The Kier molecular flexibility index (Phi) is 4.64. The Balaban J connectivity index is 2.21. The summed E-state index contributed by atoms with van der Waals surface area (Å²) < 4.78 is 27.4. The largest absolute Gasteiger partial charge is 0.343 e. The predicted molar refractivity (Wildman–Crippen MR) is 64.4 cm³/mol. The van der Waals surface area contributed by atoms with Gasteiger partial charge in [0.2, 0.25) is 6.39 Å². The third-order valence-corrected chi connectivity index (χ3v) is 5.02. The third-order valence-electron chi connectivity index (χ3n) is 2.41. The van der Waals surface area contributed by atoms with Crippen molar-refractivity contribution in [2.45, 2.75) is 31.9 Å². The van der Waals surface area contributed by atoms with Crippen LogP contribution in [0.5, 0.6) is 0 Å². The van der Waals surface area contributed by atoms with Crippen LogP contribution < -0.4 is 5.32 Å². The molecule has 17 heavy (non-hydrogen) atoms. The van der Waals surface area contributed by atoms with Crippen molar-refractivity contribution >= 4 is 9.84 Å². The maximum absolute atomic E-state index is 11.8. The third kappa shape index (κ3) is 4.43. The topological polar surface area (TPSA) is 85.1 Å². The van der Waals surface area contributed by atoms with Crippen LogP contribution in [0.25, 0.3) is 0 Å². The van der Waals surface area contributed by atoms with E-state index in [-0.39, 0.29) is 5.75 Å². The van der Waals surface area contributed by atoms with E-state index in [1.807, 2.05) is 0 Å². The van der Waals surface area contributed by atoms with Crippen LogP contribution in [0.2, 0.25) is 0 Å². The maximum Gasteiger partial charge on any atom is 0.213 e. The molecule has 0 atom stereocenters. The van der Waals surface area contributed by atoms with Crippen molar-refractivity contribution in [1.29, 1.82) is 0 Å². The van der Waals surface area contributed by atoms with Gasteiger partial charge < -0.3 is 9.84 Å². The molecule has 0 saturated carbocycles. The van der Waals surface area contributed by atoms with Crippen molar-refractivity contribution in [3.63, 3.8) is 0 Å². The molecule has 0 fully saturated rings. The van der Waals surface area contributed by atoms with E-state index < -0.39 is 14.6 Å². The van der Waals surface area contributed by atoms with Gasteiger partial charge in [0.1, 0.15) is 0 Å². The predicted octanol–water partition coefficient (Wildman–Crippen LogP) is 0.415. The van der Waals surface area contributed by atoms with Gasteiger partial charge in [-0.25, -0.2) is 8.42 Å². The zero-order valence-electron chi connectivity index (χ0n) is 10.4. The summed E-state index contributed by atoms with van der Waals surface area (Å²) >= 11 is 0. The van der Waals surface area contributed by atoms with Crippen molar-refractivity contribution in [1.82, 2.24) is 15.5 Å². The molecule has 0 amide bonds. The zero-order chi connectivity index (χ0) is 12.9. The number of sulfone groups is 1. The van der Waals surface area contributed by atoms with Crippen LogP contribution >= 0.6 is 0 Å². The summed E-state index contributed by atoms with van der Waals surface area (Å²) in [7, 11) is -3.04. The second-order valence-corrected chi connectivity index (χ2v) is 7.64. The van der Waals surface area contributed by atoms with Gasteiger partial charge in [0.05, 0.1) is 10.5 Å². The lowest BCUT2D eigenvalue weighted by atomic mass is 10.3. The molecular weight excluding hydrogens is 242 g/mol. The minimum Gasteiger partial charge on any atom is -0.343 e. The molecule has 1 rings (SSSR count). The van der Waals surface area contributed by atoms with Gasteiger partial charge in [0, 0.05) is 19.5 Å². The van der Waals surface area contributed by atoms with Crippen molar-refractivity contribution in [3.05, 3.63) is 12.2 Å². The van der Waals surface area contributed by atoms with Gasteiger partial charge in [0.15, 0.2) is 15.7 Å². The molecule has 7 heteroatoms. The van der Waals surface area contributed by atoms with E-state index in [9.17, 15) is 8.42 Å². The lowest BCUT2D eigenvalue weighted by molar-refractivity contribution is 0.409. The first-order chi connectivity index (χ1) is 7.83. The quantitative estimate of drug-likeness (QED) is 0.747. The highest BCUT2D eigenvalue weighted by molar-refractivity contribution is 7.92. The van der Waals surface area contributed by atoms with E-state index in [1.54, 1.807) is 20.8 Å². The van der Waals surface area contributed by atoms with E-state index in [0.717, 1.165) is 0 Å². The Morgan fingerprint density at radius 3 is 2.59 bits per heavy atom. The number of hydrogen-bond donors (Lipinski definition) is 1. The Hall–Kier alpha value is -0.950. The molecule has 1 aromatic heterocycles. The molecule has 98 valence electrons. The Labute approximate surface area is 102 Å². The molecule has 0 spiro atoms. The van der Waals surface area contributed by atoms with Gasteiger partial charge in [-0.15, -0.1) is 0 Å². The molecule has 0 unspecified atom stereocenters. The molecule has 1 heterocycles. The smallest absolute Gasteiger partial charge is 0.213 e.